The van der Waals surface area contributed by atoms with Crippen molar-refractivity contribution >= 4 is 12.1 Å². The third-order valence-electron chi connectivity index (χ3n) is 2.29. The second-order valence-corrected chi connectivity index (χ2v) is 5.44. The van der Waals surface area contributed by atoms with Crippen LogP contribution in [0.2, 0.25) is 0 Å². The number of carbonyl (C=O) groups is 2. The van der Waals surface area contributed by atoms with Crippen LogP contribution in [0.3, 0.4) is 0 Å². The van der Waals surface area contributed by atoms with Gasteiger partial charge in [-0.05, 0) is 27.7 Å². The lowest BCUT2D eigenvalue weighted by Gasteiger charge is -2.33. The molecule has 1 fully saturated rings. The summed E-state index contributed by atoms with van der Waals surface area (Å²) in [4.78, 5) is 24.5. The van der Waals surface area contributed by atoms with E-state index in [0.29, 0.717) is 18.5 Å². The molecule has 108 valence electrons. The number of carbonyl (C=O) groups excluding carboxylic acids is 2. The predicted molar refractivity (Wildman–Crippen MR) is 68.2 cm³/mol. The van der Waals surface area contributed by atoms with Crippen LogP contribution >= 0.6 is 0 Å². The van der Waals surface area contributed by atoms with E-state index in [1.54, 1.807) is 27.7 Å². The Bertz CT molecular complexity index is 364. The molecule has 1 amide bonds. The van der Waals surface area contributed by atoms with Crippen LogP contribution in [-0.4, -0.2) is 42.1 Å². The van der Waals surface area contributed by atoms with E-state index < -0.39 is 24.0 Å². The van der Waals surface area contributed by atoms with Crippen LogP contribution in [-0.2, 0) is 19.0 Å². The Morgan fingerprint density at radius 1 is 1.37 bits per heavy atom. The van der Waals surface area contributed by atoms with Crippen molar-refractivity contribution in [2.45, 2.75) is 46.0 Å². The molecule has 1 saturated heterocycles. The molecule has 0 aromatic rings. The number of rotatable bonds is 2. The lowest BCUT2D eigenvalue weighted by Crippen LogP contribution is -2.45. The molecule has 1 atom stereocenters. The maximum atomic E-state index is 11.8. The quantitative estimate of drug-likeness (QED) is 0.568. The first-order chi connectivity index (χ1) is 8.69. The number of hydrogen-bond acceptors (Lipinski definition) is 5. The Morgan fingerprint density at radius 3 is 2.42 bits per heavy atom. The molecule has 0 saturated carbocycles. The molecular weight excluding hydrogens is 250 g/mol. The zero-order valence-corrected chi connectivity index (χ0v) is 11.9. The van der Waals surface area contributed by atoms with Gasteiger partial charge in [-0.2, -0.15) is 0 Å². The van der Waals surface area contributed by atoms with Crippen molar-refractivity contribution in [3.8, 4) is 0 Å². The van der Waals surface area contributed by atoms with E-state index in [2.05, 4.69) is 6.58 Å². The number of hydrogen-bond donors (Lipinski definition) is 0. The van der Waals surface area contributed by atoms with Crippen LogP contribution in [0, 0.1) is 0 Å². The van der Waals surface area contributed by atoms with Gasteiger partial charge in [-0.1, -0.05) is 6.58 Å². The highest BCUT2D eigenvalue weighted by Crippen LogP contribution is 2.16. The van der Waals surface area contributed by atoms with E-state index in [-0.39, 0.29) is 6.73 Å². The van der Waals surface area contributed by atoms with Crippen molar-refractivity contribution < 1.29 is 23.8 Å². The minimum atomic E-state index is -0.636. The third-order valence-corrected chi connectivity index (χ3v) is 2.29. The van der Waals surface area contributed by atoms with Gasteiger partial charge in [0.25, 0.3) is 0 Å². The maximum absolute atomic E-state index is 11.8. The Hall–Kier alpha value is -1.56. The molecule has 1 aliphatic rings. The summed E-state index contributed by atoms with van der Waals surface area (Å²) in [5.74, 6) is -0.490. The van der Waals surface area contributed by atoms with Crippen molar-refractivity contribution in [1.29, 1.82) is 0 Å². The molecule has 0 aliphatic carbocycles. The Balaban J connectivity index is 2.39. The third kappa shape index (κ3) is 5.30. The normalized spacial score (nSPS) is 19.8. The molecule has 1 rings (SSSR count). The van der Waals surface area contributed by atoms with Crippen LogP contribution in [0.1, 0.15) is 34.1 Å². The van der Waals surface area contributed by atoms with Crippen molar-refractivity contribution in [3.05, 3.63) is 12.2 Å². The van der Waals surface area contributed by atoms with Crippen molar-refractivity contribution in [2.75, 3.05) is 13.3 Å². The second kappa shape index (κ2) is 6.06. The number of ether oxygens (including phenoxy) is 3. The van der Waals surface area contributed by atoms with Gasteiger partial charge in [-0.15, -0.1) is 0 Å². The van der Waals surface area contributed by atoms with E-state index in [9.17, 15) is 9.59 Å². The van der Waals surface area contributed by atoms with E-state index in [1.807, 2.05) is 0 Å². The van der Waals surface area contributed by atoms with E-state index in [0.717, 1.165) is 0 Å². The van der Waals surface area contributed by atoms with Crippen molar-refractivity contribution in [1.82, 2.24) is 4.90 Å². The molecule has 6 nitrogen and oxygen atoms in total. The molecule has 19 heavy (non-hydrogen) atoms. The Labute approximate surface area is 113 Å². The van der Waals surface area contributed by atoms with Gasteiger partial charge in [0.1, 0.15) is 12.3 Å². The zero-order chi connectivity index (χ0) is 14.6. The smallest absolute Gasteiger partial charge is 0.412 e. The molecular formula is C13H21NO5. The predicted octanol–water partition coefficient (Wildman–Crippen LogP) is 2.05. The summed E-state index contributed by atoms with van der Waals surface area (Å²) in [6.07, 6.45) is -0.654. The topological polar surface area (TPSA) is 65.1 Å². The minimum absolute atomic E-state index is 0.0447. The Kier molecular flexibility index (Phi) is 4.94. The lowest BCUT2D eigenvalue weighted by molar-refractivity contribution is -0.198. The average molecular weight is 271 g/mol. The zero-order valence-electron chi connectivity index (χ0n) is 11.9. The highest BCUT2D eigenvalue weighted by molar-refractivity contribution is 5.87. The van der Waals surface area contributed by atoms with Crippen molar-refractivity contribution in [2.24, 2.45) is 0 Å². The van der Waals surface area contributed by atoms with Crippen LogP contribution in [0.15, 0.2) is 12.2 Å². The Morgan fingerprint density at radius 2 is 2.00 bits per heavy atom. The fraction of sp³-hybridized carbons (Fsp3) is 0.692. The standard InChI is InChI=1S/C13H21NO5/c1-9(2)11(15)18-10-6-7-14(8-17-10)12(16)19-13(3,4)5/h10H,1,6-8H2,2-5H3. The molecule has 0 spiro atoms. The molecule has 1 unspecified atom stereocenters. The summed E-state index contributed by atoms with van der Waals surface area (Å²) >= 11 is 0. The monoisotopic (exact) mass is 271 g/mol. The lowest BCUT2D eigenvalue weighted by atomic mass is 10.2. The molecule has 0 radical (unpaired) electrons. The van der Waals surface area contributed by atoms with Crippen LogP contribution < -0.4 is 0 Å². The van der Waals surface area contributed by atoms with Gasteiger partial charge >= 0.3 is 12.1 Å². The molecule has 0 bridgehead atoms. The molecule has 1 aliphatic heterocycles. The second-order valence-electron chi connectivity index (χ2n) is 5.44. The highest BCUT2D eigenvalue weighted by Gasteiger charge is 2.28. The summed E-state index contributed by atoms with van der Waals surface area (Å²) < 4.78 is 15.5. The summed E-state index contributed by atoms with van der Waals surface area (Å²) in [6.45, 7) is 10.9. The summed E-state index contributed by atoms with van der Waals surface area (Å²) in [6, 6.07) is 0. The number of amides is 1. The maximum Gasteiger partial charge on any atom is 0.412 e. The van der Waals surface area contributed by atoms with Crippen LogP contribution in [0.4, 0.5) is 4.79 Å². The molecule has 0 aromatic heterocycles. The fourth-order valence-corrected chi connectivity index (χ4v) is 1.37. The largest absolute Gasteiger partial charge is 0.444 e. The van der Waals surface area contributed by atoms with Gasteiger partial charge in [0, 0.05) is 18.5 Å². The van der Waals surface area contributed by atoms with Gasteiger partial charge in [0.15, 0.2) is 0 Å². The fourth-order valence-electron chi connectivity index (χ4n) is 1.37. The van der Waals surface area contributed by atoms with Gasteiger partial charge in [0.05, 0.1) is 0 Å². The van der Waals surface area contributed by atoms with Gasteiger partial charge in [-0.3, -0.25) is 4.90 Å². The molecule has 0 N–H and O–H groups in total. The van der Waals surface area contributed by atoms with Gasteiger partial charge < -0.3 is 14.2 Å². The number of esters is 1. The SMILES string of the molecule is C=C(C)C(=O)OC1CCN(C(=O)OC(C)(C)C)CO1. The van der Waals surface area contributed by atoms with E-state index in [4.69, 9.17) is 14.2 Å². The summed E-state index contributed by atoms with van der Waals surface area (Å²) in [5.41, 5.74) is -0.224. The first-order valence-corrected chi connectivity index (χ1v) is 6.15. The molecule has 0 aromatic carbocycles. The summed E-state index contributed by atoms with van der Waals surface area (Å²) in [5, 5.41) is 0. The minimum Gasteiger partial charge on any atom is -0.444 e. The first-order valence-electron chi connectivity index (χ1n) is 6.15. The van der Waals surface area contributed by atoms with Crippen LogP contribution in [0.25, 0.3) is 0 Å². The van der Waals surface area contributed by atoms with E-state index in [1.165, 1.54) is 4.90 Å². The molecule has 6 heteroatoms. The number of nitrogens with zero attached hydrogens (tertiary/aromatic N) is 1. The first kappa shape index (κ1) is 15.5. The van der Waals surface area contributed by atoms with Crippen LogP contribution in [0.5, 0.6) is 0 Å². The summed E-state index contributed by atoms with van der Waals surface area (Å²) in [7, 11) is 0. The van der Waals surface area contributed by atoms with E-state index >= 15 is 0 Å². The average Bonchev–Trinajstić information content (AvgIpc) is 2.27. The molecule has 1 heterocycles. The van der Waals surface area contributed by atoms with Crippen molar-refractivity contribution in [3.63, 3.8) is 0 Å². The highest BCUT2D eigenvalue weighted by atomic mass is 16.7. The van der Waals surface area contributed by atoms with Gasteiger partial charge in [0.2, 0.25) is 6.29 Å². The van der Waals surface area contributed by atoms with Gasteiger partial charge in [-0.25, -0.2) is 9.59 Å².